The molecule has 3 nitrogen and oxygen atoms in total. The van der Waals surface area contributed by atoms with Gasteiger partial charge in [-0.1, -0.05) is 77.1 Å². The highest BCUT2D eigenvalue weighted by Gasteiger charge is 2.82. The van der Waals surface area contributed by atoms with Gasteiger partial charge in [0.2, 0.25) is 0 Å². The number of allylic oxidation sites excluding steroid dienone is 1. The molecule has 0 bridgehead atoms. The first-order valence-corrected chi connectivity index (χ1v) is 17.0. The van der Waals surface area contributed by atoms with Crippen LogP contribution in [-0.4, -0.2) is 22.8 Å². The molecule has 5 aliphatic rings. The second-order valence-electron chi connectivity index (χ2n) is 17.0. The molecule has 9 atom stereocenters. The summed E-state index contributed by atoms with van der Waals surface area (Å²) in [6.07, 6.45) is 20.5. The van der Waals surface area contributed by atoms with Gasteiger partial charge in [0.1, 0.15) is 6.10 Å². The van der Waals surface area contributed by atoms with Gasteiger partial charge in [0.15, 0.2) is 0 Å². The van der Waals surface area contributed by atoms with Crippen molar-refractivity contribution in [3.05, 3.63) is 54.1 Å². The fourth-order valence-corrected chi connectivity index (χ4v) is 12.1. The number of hydrogen-bond donors (Lipinski definition) is 1. The highest BCUT2D eigenvalue weighted by atomic mass is 16.5. The van der Waals surface area contributed by atoms with Crippen LogP contribution >= 0.6 is 0 Å². The number of hydrogen-bond acceptors (Lipinski definition) is 3. The van der Waals surface area contributed by atoms with E-state index in [2.05, 4.69) is 40.7 Å². The van der Waals surface area contributed by atoms with Crippen LogP contribution in [0.4, 0.5) is 0 Å². The number of fused-ring (bicyclic) bond motifs is 2. The van der Waals surface area contributed by atoms with E-state index in [1.165, 1.54) is 51.4 Å². The third-order valence-corrected chi connectivity index (χ3v) is 14.3. The van der Waals surface area contributed by atoms with Crippen molar-refractivity contribution in [1.82, 2.24) is 0 Å². The second-order valence-corrected chi connectivity index (χ2v) is 17.0. The van der Waals surface area contributed by atoms with Crippen molar-refractivity contribution >= 4 is 12.0 Å². The van der Waals surface area contributed by atoms with Crippen LogP contribution in [0.25, 0.3) is 6.08 Å². The van der Waals surface area contributed by atoms with E-state index in [0.717, 1.165) is 30.2 Å². The highest BCUT2D eigenvalue weighted by Crippen LogP contribution is 2.89. The lowest BCUT2D eigenvalue weighted by atomic mass is 9.41. The summed E-state index contributed by atoms with van der Waals surface area (Å²) in [5.74, 6) is 2.68. The van der Waals surface area contributed by atoms with Crippen LogP contribution in [0, 0.1) is 50.7 Å². The van der Waals surface area contributed by atoms with Gasteiger partial charge in [-0.05, 0) is 135 Å². The van der Waals surface area contributed by atoms with Crippen molar-refractivity contribution < 1.29 is 14.6 Å². The maximum atomic E-state index is 12.9. The van der Waals surface area contributed by atoms with Crippen molar-refractivity contribution in [3.8, 4) is 0 Å². The molecule has 5 saturated carbocycles. The lowest BCUT2D eigenvalue weighted by molar-refractivity contribution is -0.179. The van der Waals surface area contributed by atoms with Gasteiger partial charge in [-0.25, -0.2) is 4.79 Å². The molecule has 5 aliphatic carbocycles. The van der Waals surface area contributed by atoms with E-state index < -0.39 is 5.60 Å². The molecule has 0 aliphatic heterocycles. The van der Waals surface area contributed by atoms with Gasteiger partial charge < -0.3 is 9.84 Å². The van der Waals surface area contributed by atoms with Gasteiger partial charge in [-0.2, -0.15) is 0 Å². The first kappa shape index (κ1) is 30.2. The lowest BCUT2D eigenvalue weighted by Gasteiger charge is -2.63. The summed E-state index contributed by atoms with van der Waals surface area (Å²) in [4.78, 5) is 12.9. The standard InChI is InChI=1S/C39H56O3/c1-27(12-11-21-34(2,3)41)29-19-22-37(7)31-17-16-30-35(4,5)32(42-33(40)18-15-28-13-9-8-10-14-28)20-23-38(30)26-39(31,38)25-24-36(29,37)6/h8-11,13-15,18,21,27,29-32,41H,12,16-17,19-20,22-26H2,1-7H3/b18-15+,21-11-/t27-,29-,30+,31+,32+,36-,37+,38-,39+/m1/s1. The molecule has 42 heavy (non-hydrogen) atoms. The Balaban J connectivity index is 1.17. The predicted octanol–water partition coefficient (Wildman–Crippen LogP) is 9.40. The monoisotopic (exact) mass is 572 g/mol. The van der Waals surface area contributed by atoms with Gasteiger partial charge in [-0.3, -0.25) is 0 Å². The molecular weight excluding hydrogens is 516 g/mol. The van der Waals surface area contributed by atoms with Crippen molar-refractivity contribution in [3.63, 3.8) is 0 Å². The molecule has 1 N–H and O–H groups in total. The number of benzene rings is 1. The van der Waals surface area contributed by atoms with Gasteiger partial charge in [0, 0.05) is 11.5 Å². The minimum absolute atomic E-state index is 0.00413. The summed E-state index contributed by atoms with van der Waals surface area (Å²) in [5.41, 5.74) is 2.07. The molecular formula is C39H56O3. The van der Waals surface area contributed by atoms with E-state index in [1.807, 2.05) is 56.3 Å². The van der Waals surface area contributed by atoms with Crippen LogP contribution in [-0.2, 0) is 9.53 Å². The predicted molar refractivity (Wildman–Crippen MR) is 171 cm³/mol. The van der Waals surface area contributed by atoms with Crippen LogP contribution in [0.1, 0.15) is 118 Å². The third kappa shape index (κ3) is 4.50. The minimum atomic E-state index is -0.728. The first-order chi connectivity index (χ1) is 19.7. The Labute approximate surface area is 255 Å². The Morgan fingerprint density at radius 2 is 1.64 bits per heavy atom. The van der Waals surface area contributed by atoms with Crippen molar-refractivity contribution in [2.24, 2.45) is 50.7 Å². The molecule has 1 aromatic rings. The third-order valence-electron chi connectivity index (χ3n) is 14.3. The molecule has 0 amide bonds. The molecule has 3 heteroatoms. The largest absolute Gasteiger partial charge is 0.459 e. The fourth-order valence-electron chi connectivity index (χ4n) is 12.1. The van der Waals surface area contributed by atoms with E-state index in [4.69, 9.17) is 4.74 Å². The van der Waals surface area contributed by atoms with Gasteiger partial charge >= 0.3 is 5.97 Å². The fraction of sp³-hybridized carbons (Fsp3) is 0.718. The maximum absolute atomic E-state index is 12.9. The van der Waals surface area contributed by atoms with Gasteiger partial charge in [-0.15, -0.1) is 0 Å². The molecule has 0 radical (unpaired) electrons. The summed E-state index contributed by atoms with van der Waals surface area (Å²) < 4.78 is 6.23. The number of ether oxygens (including phenoxy) is 1. The van der Waals surface area contributed by atoms with E-state index in [0.29, 0.717) is 33.5 Å². The molecule has 0 aromatic heterocycles. The number of aliphatic hydroxyl groups is 1. The number of carbonyl (C=O) groups excluding carboxylic acids is 1. The lowest BCUT2D eigenvalue weighted by Crippen LogP contribution is -2.58. The summed E-state index contributed by atoms with van der Waals surface area (Å²) in [6.45, 7) is 16.4. The van der Waals surface area contributed by atoms with Crippen molar-refractivity contribution in [2.75, 3.05) is 0 Å². The summed E-state index contributed by atoms with van der Waals surface area (Å²) >= 11 is 0. The molecule has 1 aromatic carbocycles. The summed E-state index contributed by atoms with van der Waals surface area (Å²) in [7, 11) is 0. The Morgan fingerprint density at radius 3 is 2.36 bits per heavy atom. The van der Waals surface area contributed by atoms with Crippen molar-refractivity contribution in [2.45, 2.75) is 124 Å². The number of rotatable bonds is 7. The Bertz CT molecular complexity index is 1240. The topological polar surface area (TPSA) is 46.5 Å². The Kier molecular flexibility index (Phi) is 7.24. The van der Waals surface area contributed by atoms with Crippen molar-refractivity contribution in [1.29, 1.82) is 0 Å². The minimum Gasteiger partial charge on any atom is -0.459 e. The SMILES string of the molecule is C[C@H](C/C=C\C(C)(C)O)[C@H]1CC[C@@]2(C)[C@@H]3CC[C@H]4C(C)(C)[C@@H](OC(=O)/C=C/c5ccccc5)CC[C@@]45C[C@@]35CC[C@]12C. The maximum Gasteiger partial charge on any atom is 0.331 e. The zero-order chi connectivity index (χ0) is 30.2. The second kappa shape index (κ2) is 10.1. The van der Waals surface area contributed by atoms with Crippen LogP contribution in [0.2, 0.25) is 0 Å². The van der Waals surface area contributed by atoms with E-state index in [1.54, 1.807) is 6.08 Å². The normalized spacial score (nSPS) is 42.9. The van der Waals surface area contributed by atoms with Crippen LogP contribution in [0.5, 0.6) is 0 Å². The molecule has 0 saturated heterocycles. The average molecular weight is 573 g/mol. The van der Waals surface area contributed by atoms with E-state index >= 15 is 0 Å². The zero-order valence-corrected chi connectivity index (χ0v) is 27.4. The molecule has 6 rings (SSSR count). The Hall–Kier alpha value is -1.87. The summed E-state index contributed by atoms with van der Waals surface area (Å²) in [5, 5.41) is 10.2. The highest BCUT2D eigenvalue weighted by molar-refractivity contribution is 5.87. The van der Waals surface area contributed by atoms with Gasteiger partial charge in [0.25, 0.3) is 0 Å². The van der Waals surface area contributed by atoms with E-state index in [-0.39, 0.29) is 17.5 Å². The first-order valence-electron chi connectivity index (χ1n) is 17.0. The van der Waals surface area contributed by atoms with Crippen LogP contribution in [0.15, 0.2) is 48.6 Å². The van der Waals surface area contributed by atoms with Crippen LogP contribution < -0.4 is 0 Å². The number of carbonyl (C=O) groups is 1. The summed E-state index contributed by atoms with van der Waals surface area (Å²) in [6, 6.07) is 10.0. The van der Waals surface area contributed by atoms with Gasteiger partial charge in [0.05, 0.1) is 5.60 Å². The molecule has 0 unspecified atom stereocenters. The number of esters is 1. The molecule has 5 fully saturated rings. The smallest absolute Gasteiger partial charge is 0.331 e. The molecule has 2 spiro atoms. The average Bonchev–Trinajstić information content (AvgIpc) is 3.51. The molecule has 0 heterocycles. The quantitative estimate of drug-likeness (QED) is 0.201. The molecule has 230 valence electrons. The Morgan fingerprint density at radius 1 is 0.952 bits per heavy atom. The zero-order valence-electron chi connectivity index (χ0n) is 27.4. The van der Waals surface area contributed by atoms with E-state index in [9.17, 15) is 9.90 Å². The van der Waals surface area contributed by atoms with Crippen LogP contribution in [0.3, 0.4) is 0 Å².